The smallest absolute Gasteiger partial charge is 0.0190 e. The molecule has 1 rings (SSSR count). The summed E-state index contributed by atoms with van der Waals surface area (Å²) in [7, 11) is 0. The molecule has 0 fully saturated rings. The lowest BCUT2D eigenvalue weighted by Gasteiger charge is -2.14. The second-order valence-corrected chi connectivity index (χ2v) is 5.29. The Morgan fingerprint density at radius 1 is 0.867 bits per heavy atom. The van der Waals surface area contributed by atoms with E-state index < -0.39 is 0 Å². The van der Waals surface area contributed by atoms with Crippen molar-refractivity contribution in [2.75, 3.05) is 0 Å². The molecule has 0 aliphatic heterocycles. The van der Waals surface area contributed by atoms with Gasteiger partial charge in [-0.15, -0.1) is 0 Å². The summed E-state index contributed by atoms with van der Waals surface area (Å²) in [5, 5.41) is 0. The highest BCUT2D eigenvalue weighted by Gasteiger charge is 2.07. The minimum Gasteiger partial charge on any atom is -0.0628 e. The lowest BCUT2D eigenvalue weighted by atomic mass is 9.91. The van der Waals surface area contributed by atoms with Crippen LogP contribution in [0, 0.1) is 19.8 Å². The van der Waals surface area contributed by atoms with Crippen LogP contribution in [0.1, 0.15) is 56.2 Å². The van der Waals surface area contributed by atoms with Crippen LogP contribution in [0.25, 0.3) is 0 Å². The highest BCUT2D eigenvalue weighted by Crippen LogP contribution is 2.24. The van der Waals surface area contributed by atoms with Crippen LogP contribution in [-0.4, -0.2) is 0 Å². The Kier molecular flexibility index (Phi) is 4.38. The van der Waals surface area contributed by atoms with Crippen molar-refractivity contribution in [1.82, 2.24) is 0 Å². The van der Waals surface area contributed by atoms with Gasteiger partial charge in [0.25, 0.3) is 0 Å². The molecule has 0 spiro atoms. The van der Waals surface area contributed by atoms with E-state index in [2.05, 4.69) is 52.8 Å². The van der Waals surface area contributed by atoms with E-state index in [0.717, 1.165) is 5.92 Å². The minimum absolute atomic E-state index is 0.700. The Balaban J connectivity index is 2.68. The molecule has 0 heterocycles. The highest BCUT2D eigenvalue weighted by atomic mass is 14.1. The van der Waals surface area contributed by atoms with Crippen molar-refractivity contribution in [3.63, 3.8) is 0 Å². The van der Waals surface area contributed by atoms with E-state index in [1.54, 1.807) is 0 Å². The molecule has 84 valence electrons. The van der Waals surface area contributed by atoms with Gasteiger partial charge in [-0.1, -0.05) is 56.5 Å². The molecular formula is C15H24. The molecular weight excluding hydrogens is 180 g/mol. The fraction of sp³-hybridized carbons (Fsp3) is 0.600. The highest BCUT2D eigenvalue weighted by molar-refractivity contribution is 5.30. The summed E-state index contributed by atoms with van der Waals surface area (Å²) in [6.45, 7) is 11.3. The largest absolute Gasteiger partial charge is 0.0628 e. The number of hydrogen-bond acceptors (Lipinski definition) is 0. The first-order chi connectivity index (χ1) is 6.99. The maximum atomic E-state index is 2.34. The Morgan fingerprint density at radius 3 is 1.87 bits per heavy atom. The molecule has 0 N–H and O–H groups in total. The summed E-state index contributed by atoms with van der Waals surface area (Å²) in [5.41, 5.74) is 4.29. The van der Waals surface area contributed by atoms with Crippen LogP contribution in [0.3, 0.4) is 0 Å². The molecule has 0 saturated heterocycles. The molecule has 0 radical (unpaired) electrons. The predicted molar refractivity (Wildman–Crippen MR) is 68.4 cm³/mol. The van der Waals surface area contributed by atoms with E-state index in [9.17, 15) is 0 Å². The van der Waals surface area contributed by atoms with E-state index >= 15 is 0 Å². The third-order valence-corrected chi connectivity index (χ3v) is 2.99. The van der Waals surface area contributed by atoms with E-state index in [1.807, 2.05) is 0 Å². The van der Waals surface area contributed by atoms with Gasteiger partial charge in [-0.2, -0.15) is 0 Å². The van der Waals surface area contributed by atoms with Crippen molar-refractivity contribution in [2.45, 2.75) is 53.4 Å². The molecule has 1 aromatic rings. The monoisotopic (exact) mass is 204 g/mol. The topological polar surface area (TPSA) is 0 Å². The molecule has 0 amide bonds. The number of aryl methyl sites for hydroxylation is 2. The van der Waals surface area contributed by atoms with Crippen LogP contribution in [0.5, 0.6) is 0 Å². The van der Waals surface area contributed by atoms with E-state index in [-0.39, 0.29) is 0 Å². The summed E-state index contributed by atoms with van der Waals surface area (Å²) < 4.78 is 0. The van der Waals surface area contributed by atoms with Crippen molar-refractivity contribution in [2.24, 2.45) is 5.92 Å². The zero-order valence-corrected chi connectivity index (χ0v) is 10.8. The van der Waals surface area contributed by atoms with E-state index in [4.69, 9.17) is 0 Å². The number of benzene rings is 1. The summed E-state index contributed by atoms with van der Waals surface area (Å²) in [5.74, 6) is 1.52. The second-order valence-electron chi connectivity index (χ2n) is 5.29. The molecule has 0 nitrogen and oxygen atoms in total. The summed E-state index contributed by atoms with van der Waals surface area (Å²) >= 11 is 0. The van der Waals surface area contributed by atoms with Gasteiger partial charge < -0.3 is 0 Å². The van der Waals surface area contributed by atoms with Crippen LogP contribution < -0.4 is 0 Å². The van der Waals surface area contributed by atoms with Gasteiger partial charge in [-0.05, 0) is 37.7 Å². The zero-order chi connectivity index (χ0) is 11.4. The molecule has 0 aliphatic rings. The first kappa shape index (κ1) is 12.3. The number of hydrogen-bond donors (Lipinski definition) is 0. The van der Waals surface area contributed by atoms with Crippen molar-refractivity contribution < 1.29 is 0 Å². The van der Waals surface area contributed by atoms with Crippen molar-refractivity contribution in [3.05, 3.63) is 34.9 Å². The van der Waals surface area contributed by atoms with Gasteiger partial charge >= 0.3 is 0 Å². The zero-order valence-electron chi connectivity index (χ0n) is 10.8. The lowest BCUT2D eigenvalue weighted by Crippen LogP contribution is -1.98. The fourth-order valence-corrected chi connectivity index (χ4v) is 2.04. The lowest BCUT2D eigenvalue weighted by molar-refractivity contribution is 0.516. The van der Waals surface area contributed by atoms with E-state index in [1.165, 1.54) is 29.5 Å². The standard InChI is InChI=1S/C15H24/c1-11(2)6-7-14(5)15-9-12(3)8-13(4)10-15/h8-11,14H,6-7H2,1-5H3. The van der Waals surface area contributed by atoms with Gasteiger partial charge in [0.2, 0.25) is 0 Å². The molecule has 0 aromatic heterocycles. The van der Waals surface area contributed by atoms with Gasteiger partial charge in [0, 0.05) is 0 Å². The predicted octanol–water partition coefficient (Wildman–Crippen LogP) is 4.84. The normalized spacial score (nSPS) is 13.2. The molecule has 0 heteroatoms. The number of rotatable bonds is 4. The van der Waals surface area contributed by atoms with Gasteiger partial charge in [0.15, 0.2) is 0 Å². The summed E-state index contributed by atoms with van der Waals surface area (Å²) in [6.07, 6.45) is 2.63. The molecule has 1 unspecified atom stereocenters. The Hall–Kier alpha value is -0.780. The third-order valence-electron chi connectivity index (χ3n) is 2.99. The average molecular weight is 204 g/mol. The minimum atomic E-state index is 0.700. The molecule has 0 aliphatic carbocycles. The Labute approximate surface area is 94.7 Å². The average Bonchev–Trinajstić information content (AvgIpc) is 2.12. The third kappa shape index (κ3) is 4.07. The van der Waals surface area contributed by atoms with Gasteiger partial charge in [0.1, 0.15) is 0 Å². The molecule has 1 atom stereocenters. The Bertz CT molecular complexity index is 290. The molecule has 0 saturated carbocycles. The summed E-state index contributed by atoms with van der Waals surface area (Å²) in [4.78, 5) is 0. The first-order valence-electron chi connectivity index (χ1n) is 6.07. The van der Waals surface area contributed by atoms with Crippen molar-refractivity contribution >= 4 is 0 Å². The van der Waals surface area contributed by atoms with Crippen molar-refractivity contribution in [3.8, 4) is 0 Å². The maximum absolute atomic E-state index is 2.34. The summed E-state index contributed by atoms with van der Waals surface area (Å²) in [6, 6.07) is 6.91. The SMILES string of the molecule is Cc1cc(C)cc(C(C)CCC(C)C)c1. The van der Waals surface area contributed by atoms with Gasteiger partial charge in [-0.25, -0.2) is 0 Å². The maximum Gasteiger partial charge on any atom is -0.0190 e. The van der Waals surface area contributed by atoms with Crippen LogP contribution >= 0.6 is 0 Å². The molecule has 15 heavy (non-hydrogen) atoms. The molecule has 1 aromatic carbocycles. The quantitative estimate of drug-likeness (QED) is 0.658. The van der Waals surface area contributed by atoms with Gasteiger partial charge in [-0.3, -0.25) is 0 Å². The van der Waals surface area contributed by atoms with Crippen LogP contribution in [0.15, 0.2) is 18.2 Å². The fourth-order valence-electron chi connectivity index (χ4n) is 2.04. The first-order valence-corrected chi connectivity index (χ1v) is 6.07. The van der Waals surface area contributed by atoms with Crippen LogP contribution in [0.2, 0.25) is 0 Å². The van der Waals surface area contributed by atoms with E-state index in [0.29, 0.717) is 5.92 Å². The van der Waals surface area contributed by atoms with Crippen molar-refractivity contribution in [1.29, 1.82) is 0 Å². The van der Waals surface area contributed by atoms with Crippen LogP contribution in [0.4, 0.5) is 0 Å². The molecule has 0 bridgehead atoms. The second kappa shape index (κ2) is 5.34. The van der Waals surface area contributed by atoms with Gasteiger partial charge in [0.05, 0.1) is 0 Å². The Morgan fingerprint density at radius 2 is 1.40 bits per heavy atom. The van der Waals surface area contributed by atoms with Crippen LogP contribution in [-0.2, 0) is 0 Å².